The first-order valence-electron chi connectivity index (χ1n) is 5.03. The van der Waals surface area contributed by atoms with Gasteiger partial charge in [-0.2, -0.15) is 4.37 Å². The SMILES string of the molecule is COc1c(N)nsc1N(C)Cc1csc(C)n1. The zero-order valence-electron chi connectivity index (χ0n) is 9.93. The highest BCUT2D eigenvalue weighted by Gasteiger charge is 2.16. The number of aromatic nitrogens is 2. The summed E-state index contributed by atoms with van der Waals surface area (Å²) in [6, 6.07) is 0. The molecule has 0 spiro atoms. The van der Waals surface area contributed by atoms with Gasteiger partial charge in [-0.25, -0.2) is 4.98 Å². The van der Waals surface area contributed by atoms with Crippen LogP contribution in [0.15, 0.2) is 5.38 Å². The lowest BCUT2D eigenvalue weighted by Gasteiger charge is -2.16. The molecule has 0 atom stereocenters. The Hall–Kier alpha value is -1.34. The Morgan fingerprint density at radius 2 is 2.29 bits per heavy atom. The van der Waals surface area contributed by atoms with Gasteiger partial charge in [-0.3, -0.25) is 0 Å². The van der Waals surface area contributed by atoms with Crippen LogP contribution < -0.4 is 15.4 Å². The highest BCUT2D eigenvalue weighted by atomic mass is 32.1. The van der Waals surface area contributed by atoms with Crippen LogP contribution in [0.5, 0.6) is 5.75 Å². The maximum atomic E-state index is 5.72. The quantitative estimate of drug-likeness (QED) is 0.922. The van der Waals surface area contributed by atoms with E-state index in [4.69, 9.17) is 10.5 Å². The summed E-state index contributed by atoms with van der Waals surface area (Å²) in [5, 5.41) is 4.06. The second kappa shape index (κ2) is 4.89. The Bertz CT molecular complexity index is 508. The Morgan fingerprint density at radius 3 is 2.88 bits per heavy atom. The van der Waals surface area contributed by atoms with Gasteiger partial charge < -0.3 is 15.4 Å². The summed E-state index contributed by atoms with van der Waals surface area (Å²) in [5.74, 6) is 1.08. The molecule has 17 heavy (non-hydrogen) atoms. The van der Waals surface area contributed by atoms with E-state index in [1.54, 1.807) is 18.4 Å². The van der Waals surface area contributed by atoms with Crippen LogP contribution in [0, 0.1) is 6.92 Å². The van der Waals surface area contributed by atoms with Crippen molar-refractivity contribution < 1.29 is 4.74 Å². The fraction of sp³-hybridized carbons (Fsp3) is 0.400. The molecule has 2 N–H and O–H groups in total. The first-order chi connectivity index (χ1) is 8.11. The summed E-state index contributed by atoms with van der Waals surface area (Å²) in [4.78, 5) is 6.47. The van der Waals surface area contributed by atoms with Gasteiger partial charge in [0.2, 0.25) is 0 Å². The van der Waals surface area contributed by atoms with Gasteiger partial charge in [0, 0.05) is 12.4 Å². The minimum atomic E-state index is 0.439. The molecule has 2 aromatic heterocycles. The minimum Gasteiger partial charge on any atom is -0.490 e. The molecule has 7 heteroatoms. The average Bonchev–Trinajstić information content (AvgIpc) is 2.84. The van der Waals surface area contributed by atoms with E-state index in [1.165, 1.54) is 11.5 Å². The van der Waals surface area contributed by atoms with Gasteiger partial charge in [0.05, 0.1) is 24.4 Å². The maximum absolute atomic E-state index is 5.72. The van der Waals surface area contributed by atoms with E-state index >= 15 is 0 Å². The molecular weight excluding hydrogens is 256 g/mol. The number of hydrogen-bond donors (Lipinski definition) is 1. The number of hydrogen-bond acceptors (Lipinski definition) is 7. The molecule has 0 aromatic carbocycles. The number of methoxy groups -OCH3 is 1. The Labute approximate surface area is 108 Å². The lowest BCUT2D eigenvalue weighted by atomic mass is 10.4. The summed E-state index contributed by atoms with van der Waals surface area (Å²) in [5.41, 5.74) is 6.77. The summed E-state index contributed by atoms with van der Waals surface area (Å²) < 4.78 is 9.33. The number of aryl methyl sites for hydroxylation is 1. The number of nitrogens with two attached hydrogens (primary N) is 1. The molecule has 5 nitrogen and oxygen atoms in total. The smallest absolute Gasteiger partial charge is 0.197 e. The Morgan fingerprint density at radius 1 is 1.53 bits per heavy atom. The molecule has 0 saturated carbocycles. The molecule has 0 radical (unpaired) electrons. The van der Waals surface area contributed by atoms with Crippen molar-refractivity contribution in [1.29, 1.82) is 0 Å². The number of nitrogen functional groups attached to an aromatic ring is 1. The lowest BCUT2D eigenvalue weighted by Crippen LogP contribution is -2.16. The molecular formula is C10H14N4OS2. The largest absolute Gasteiger partial charge is 0.490 e. The number of anilines is 2. The predicted octanol–water partition coefficient (Wildman–Crippen LogP) is 2.14. The van der Waals surface area contributed by atoms with Crippen molar-refractivity contribution >= 4 is 33.7 Å². The van der Waals surface area contributed by atoms with Crippen LogP contribution in [0.2, 0.25) is 0 Å². The Balaban J connectivity index is 2.16. The van der Waals surface area contributed by atoms with Gasteiger partial charge in [-0.1, -0.05) is 0 Å². The van der Waals surface area contributed by atoms with E-state index in [0.717, 1.165) is 22.2 Å². The van der Waals surface area contributed by atoms with Crippen molar-refractivity contribution in [2.24, 2.45) is 0 Å². The zero-order valence-corrected chi connectivity index (χ0v) is 11.6. The molecule has 2 rings (SSSR count). The van der Waals surface area contributed by atoms with Crippen molar-refractivity contribution in [2.75, 3.05) is 24.8 Å². The number of thiazole rings is 1. The topological polar surface area (TPSA) is 64.3 Å². The molecule has 92 valence electrons. The first kappa shape index (κ1) is 12.1. The summed E-state index contributed by atoms with van der Waals surface area (Å²) >= 11 is 2.99. The van der Waals surface area contributed by atoms with Gasteiger partial charge in [0.15, 0.2) is 16.6 Å². The summed E-state index contributed by atoms with van der Waals surface area (Å²) in [6.45, 7) is 2.72. The number of rotatable bonds is 4. The fourth-order valence-electron chi connectivity index (χ4n) is 1.52. The second-order valence-electron chi connectivity index (χ2n) is 3.62. The van der Waals surface area contributed by atoms with Crippen LogP contribution in [0.4, 0.5) is 10.8 Å². The van der Waals surface area contributed by atoms with Gasteiger partial charge in [0.25, 0.3) is 0 Å². The zero-order chi connectivity index (χ0) is 12.4. The first-order valence-corrected chi connectivity index (χ1v) is 6.68. The van der Waals surface area contributed by atoms with E-state index in [2.05, 4.69) is 14.7 Å². The van der Waals surface area contributed by atoms with Gasteiger partial charge in [0.1, 0.15) is 0 Å². The van der Waals surface area contributed by atoms with E-state index in [1.807, 2.05) is 18.9 Å². The predicted molar refractivity (Wildman–Crippen MR) is 72.0 cm³/mol. The number of nitrogens with zero attached hydrogens (tertiary/aromatic N) is 3. The van der Waals surface area contributed by atoms with Gasteiger partial charge >= 0.3 is 0 Å². The molecule has 0 amide bonds. The van der Waals surface area contributed by atoms with Crippen molar-refractivity contribution in [3.63, 3.8) is 0 Å². The van der Waals surface area contributed by atoms with E-state index in [0.29, 0.717) is 11.6 Å². The molecule has 0 unspecified atom stereocenters. The highest BCUT2D eigenvalue weighted by molar-refractivity contribution is 7.11. The number of ether oxygens (including phenoxy) is 1. The van der Waals surface area contributed by atoms with E-state index in [-0.39, 0.29) is 0 Å². The van der Waals surface area contributed by atoms with Crippen molar-refractivity contribution in [3.05, 3.63) is 16.1 Å². The molecule has 0 bridgehead atoms. The van der Waals surface area contributed by atoms with Gasteiger partial charge in [-0.05, 0) is 18.5 Å². The van der Waals surface area contributed by atoms with E-state index < -0.39 is 0 Å². The van der Waals surface area contributed by atoms with Crippen LogP contribution in [-0.4, -0.2) is 23.5 Å². The van der Waals surface area contributed by atoms with Crippen molar-refractivity contribution in [3.8, 4) is 5.75 Å². The molecule has 0 aliphatic heterocycles. The highest BCUT2D eigenvalue weighted by Crippen LogP contribution is 2.37. The summed E-state index contributed by atoms with van der Waals surface area (Å²) in [6.07, 6.45) is 0. The third-order valence-electron chi connectivity index (χ3n) is 2.27. The third kappa shape index (κ3) is 2.50. The van der Waals surface area contributed by atoms with Crippen molar-refractivity contribution in [2.45, 2.75) is 13.5 Å². The molecule has 0 aliphatic carbocycles. The van der Waals surface area contributed by atoms with E-state index in [9.17, 15) is 0 Å². The molecule has 2 heterocycles. The van der Waals surface area contributed by atoms with Crippen LogP contribution >= 0.6 is 22.9 Å². The normalized spacial score (nSPS) is 10.5. The maximum Gasteiger partial charge on any atom is 0.197 e. The second-order valence-corrected chi connectivity index (χ2v) is 5.43. The molecule has 0 aliphatic rings. The average molecular weight is 270 g/mol. The van der Waals surface area contributed by atoms with Crippen LogP contribution in [0.3, 0.4) is 0 Å². The third-order valence-corrected chi connectivity index (χ3v) is 4.05. The van der Waals surface area contributed by atoms with Crippen molar-refractivity contribution in [1.82, 2.24) is 9.36 Å². The Kier molecular flexibility index (Phi) is 3.49. The molecule has 0 saturated heterocycles. The van der Waals surface area contributed by atoms with Crippen LogP contribution in [0.25, 0.3) is 0 Å². The molecule has 2 aromatic rings. The standard InChI is InChI=1S/C10H14N4OS2/c1-6-12-7(5-16-6)4-14(2)10-8(15-3)9(11)13-17-10/h5H,4H2,1-3H3,(H2,11,13). The van der Waals surface area contributed by atoms with Crippen LogP contribution in [-0.2, 0) is 6.54 Å². The monoisotopic (exact) mass is 270 g/mol. The van der Waals surface area contributed by atoms with Gasteiger partial charge in [-0.15, -0.1) is 11.3 Å². The molecule has 0 fully saturated rings. The lowest BCUT2D eigenvalue weighted by molar-refractivity contribution is 0.418. The van der Waals surface area contributed by atoms with Crippen LogP contribution in [0.1, 0.15) is 10.7 Å². The fourth-order valence-corrected chi connectivity index (χ4v) is 2.86. The summed E-state index contributed by atoms with van der Waals surface area (Å²) in [7, 11) is 3.58. The minimum absolute atomic E-state index is 0.439.